The average Bonchev–Trinajstić information content (AvgIpc) is 1.64. The zero-order valence-electron chi connectivity index (χ0n) is 4.56. The van der Waals surface area contributed by atoms with Crippen LogP contribution in [0.4, 0.5) is 0 Å². The summed E-state index contributed by atoms with van der Waals surface area (Å²) in [5, 5.41) is 0. The van der Waals surface area contributed by atoms with Crippen molar-refractivity contribution in [3.8, 4) is 0 Å². The fourth-order valence-electron chi connectivity index (χ4n) is 0.518. The third-order valence-electron chi connectivity index (χ3n) is 0.842. The molecular weight excluding hydrogens is 213 g/mol. The van der Waals surface area contributed by atoms with Crippen LogP contribution in [0.25, 0.3) is 0 Å². The van der Waals surface area contributed by atoms with Crippen LogP contribution in [0.3, 0.4) is 0 Å². The largest absolute Gasteiger partial charge is 0.263 e. The third-order valence-corrected chi connectivity index (χ3v) is 1.43. The lowest BCUT2D eigenvalue weighted by Gasteiger charge is -1.88. The molecule has 0 aliphatic heterocycles. The van der Waals surface area contributed by atoms with Crippen molar-refractivity contribution in [1.29, 1.82) is 0 Å². The minimum absolute atomic E-state index is 1.20. The van der Waals surface area contributed by atoms with Crippen molar-refractivity contribution < 1.29 is 0 Å². The Morgan fingerprint density at radius 3 is 2.62 bits per heavy atom. The zero-order valence-corrected chi connectivity index (χ0v) is 6.71. The fourth-order valence-corrected chi connectivity index (χ4v) is 1.17. The van der Waals surface area contributed by atoms with Crippen molar-refractivity contribution in [1.82, 2.24) is 4.98 Å². The van der Waals surface area contributed by atoms with Crippen LogP contribution in [0, 0.1) is 10.5 Å². The predicted molar refractivity (Wildman–Crippen MR) is 41.7 cm³/mol. The molecule has 0 saturated heterocycles. The molecule has 0 aliphatic carbocycles. The molecule has 1 rings (SSSR count). The van der Waals surface area contributed by atoms with E-state index in [0.29, 0.717) is 0 Å². The van der Waals surface area contributed by atoms with Crippen LogP contribution in [-0.2, 0) is 0 Å². The minimum atomic E-state index is 1.20. The first-order chi connectivity index (χ1) is 3.79. The van der Waals surface area contributed by atoms with Gasteiger partial charge in [-0.3, -0.25) is 4.98 Å². The number of hydrogen-bond donors (Lipinski definition) is 0. The molecule has 0 atom stereocenters. The molecule has 0 saturated carbocycles. The van der Waals surface area contributed by atoms with Crippen LogP contribution in [0.15, 0.2) is 18.5 Å². The van der Waals surface area contributed by atoms with Crippen molar-refractivity contribution in [2.75, 3.05) is 0 Å². The first-order valence-corrected chi connectivity index (χ1v) is 3.44. The molecule has 1 aromatic rings. The molecule has 0 aromatic carbocycles. The fraction of sp³-hybridized carbons (Fsp3) is 0.167. The highest BCUT2D eigenvalue weighted by atomic mass is 127. The molecular formula is C6H6IN. The maximum atomic E-state index is 3.98. The van der Waals surface area contributed by atoms with Crippen molar-refractivity contribution in [3.63, 3.8) is 0 Å². The van der Waals surface area contributed by atoms with Crippen molar-refractivity contribution >= 4 is 22.6 Å². The van der Waals surface area contributed by atoms with Gasteiger partial charge in [-0.15, -0.1) is 0 Å². The Morgan fingerprint density at radius 2 is 2.25 bits per heavy atom. The van der Waals surface area contributed by atoms with Gasteiger partial charge in [0.1, 0.15) is 0 Å². The molecule has 0 bridgehead atoms. The Kier molecular flexibility index (Phi) is 1.83. The van der Waals surface area contributed by atoms with Crippen LogP contribution in [0.2, 0.25) is 0 Å². The van der Waals surface area contributed by atoms with Crippen LogP contribution in [0.5, 0.6) is 0 Å². The molecule has 1 aromatic heterocycles. The van der Waals surface area contributed by atoms with E-state index in [1.807, 2.05) is 19.3 Å². The molecule has 0 fully saturated rings. The van der Waals surface area contributed by atoms with Crippen molar-refractivity contribution in [2.24, 2.45) is 0 Å². The smallest absolute Gasteiger partial charge is 0.0401 e. The topological polar surface area (TPSA) is 12.9 Å². The molecule has 0 N–H and O–H groups in total. The molecule has 0 unspecified atom stereocenters. The summed E-state index contributed by atoms with van der Waals surface area (Å²) >= 11 is 2.24. The van der Waals surface area contributed by atoms with Gasteiger partial charge in [-0.05, 0) is 41.1 Å². The van der Waals surface area contributed by atoms with Crippen LogP contribution < -0.4 is 0 Å². The number of aryl methyl sites for hydroxylation is 1. The molecule has 8 heavy (non-hydrogen) atoms. The first kappa shape index (κ1) is 6.01. The first-order valence-electron chi connectivity index (χ1n) is 2.36. The number of rotatable bonds is 0. The van der Waals surface area contributed by atoms with Gasteiger partial charge < -0.3 is 0 Å². The zero-order chi connectivity index (χ0) is 5.98. The van der Waals surface area contributed by atoms with E-state index in [2.05, 4.69) is 33.6 Å². The van der Waals surface area contributed by atoms with Crippen LogP contribution >= 0.6 is 22.6 Å². The SMILES string of the molecule is Cc1cncc(I)c1. The Morgan fingerprint density at radius 1 is 1.50 bits per heavy atom. The Hall–Kier alpha value is -0.120. The van der Waals surface area contributed by atoms with Gasteiger partial charge in [-0.1, -0.05) is 0 Å². The second kappa shape index (κ2) is 2.44. The molecule has 0 spiro atoms. The van der Waals surface area contributed by atoms with E-state index in [-0.39, 0.29) is 0 Å². The molecule has 1 heterocycles. The molecule has 0 radical (unpaired) electrons. The Labute approximate surface area is 62.3 Å². The van der Waals surface area contributed by atoms with Gasteiger partial charge in [-0.2, -0.15) is 0 Å². The van der Waals surface area contributed by atoms with Gasteiger partial charge >= 0.3 is 0 Å². The standard InChI is InChI=1S/C6H6IN/c1-5-2-6(7)4-8-3-5/h2-4H,1H3. The second-order valence-electron chi connectivity index (χ2n) is 1.68. The molecule has 42 valence electrons. The lowest BCUT2D eigenvalue weighted by atomic mass is 10.3. The molecule has 2 heteroatoms. The molecule has 1 nitrogen and oxygen atoms in total. The van der Waals surface area contributed by atoms with E-state index < -0.39 is 0 Å². The summed E-state index contributed by atoms with van der Waals surface area (Å²) in [6.45, 7) is 2.04. The maximum Gasteiger partial charge on any atom is 0.0401 e. The van der Waals surface area contributed by atoms with E-state index >= 15 is 0 Å². The summed E-state index contributed by atoms with van der Waals surface area (Å²) in [5.41, 5.74) is 1.22. The quantitative estimate of drug-likeness (QED) is 0.608. The normalized spacial score (nSPS) is 9.25. The lowest BCUT2D eigenvalue weighted by molar-refractivity contribution is 1.25. The number of aromatic nitrogens is 1. The highest BCUT2D eigenvalue weighted by Gasteiger charge is 1.83. The number of halogens is 1. The second-order valence-corrected chi connectivity index (χ2v) is 2.93. The minimum Gasteiger partial charge on any atom is -0.263 e. The summed E-state index contributed by atoms with van der Waals surface area (Å²) in [6, 6.07) is 2.09. The van der Waals surface area contributed by atoms with E-state index in [1.54, 1.807) is 0 Å². The summed E-state index contributed by atoms with van der Waals surface area (Å²) in [5.74, 6) is 0. The Balaban J connectivity index is 3.08. The monoisotopic (exact) mass is 219 g/mol. The average molecular weight is 219 g/mol. The highest BCUT2D eigenvalue weighted by molar-refractivity contribution is 14.1. The summed E-state index contributed by atoms with van der Waals surface area (Å²) in [7, 11) is 0. The summed E-state index contributed by atoms with van der Waals surface area (Å²) in [6.07, 6.45) is 3.69. The van der Waals surface area contributed by atoms with Gasteiger partial charge in [0.15, 0.2) is 0 Å². The molecule has 0 aliphatic rings. The molecule has 0 amide bonds. The lowest BCUT2D eigenvalue weighted by Crippen LogP contribution is -1.76. The van der Waals surface area contributed by atoms with Gasteiger partial charge in [-0.25, -0.2) is 0 Å². The van der Waals surface area contributed by atoms with Crippen molar-refractivity contribution in [3.05, 3.63) is 27.6 Å². The van der Waals surface area contributed by atoms with E-state index in [0.717, 1.165) is 0 Å². The van der Waals surface area contributed by atoms with E-state index in [9.17, 15) is 0 Å². The van der Waals surface area contributed by atoms with Crippen LogP contribution in [-0.4, -0.2) is 4.98 Å². The van der Waals surface area contributed by atoms with Gasteiger partial charge in [0.05, 0.1) is 0 Å². The van der Waals surface area contributed by atoms with Gasteiger partial charge in [0, 0.05) is 16.0 Å². The van der Waals surface area contributed by atoms with Crippen molar-refractivity contribution in [2.45, 2.75) is 6.92 Å². The summed E-state index contributed by atoms with van der Waals surface area (Å²) in [4.78, 5) is 3.98. The van der Waals surface area contributed by atoms with E-state index in [4.69, 9.17) is 0 Å². The highest BCUT2D eigenvalue weighted by Crippen LogP contribution is 2.02. The summed E-state index contributed by atoms with van der Waals surface area (Å²) < 4.78 is 1.20. The van der Waals surface area contributed by atoms with Crippen LogP contribution in [0.1, 0.15) is 5.56 Å². The van der Waals surface area contributed by atoms with Gasteiger partial charge in [0.25, 0.3) is 0 Å². The number of hydrogen-bond acceptors (Lipinski definition) is 1. The maximum absolute atomic E-state index is 3.98. The number of pyridine rings is 1. The van der Waals surface area contributed by atoms with E-state index in [1.165, 1.54) is 9.13 Å². The predicted octanol–water partition coefficient (Wildman–Crippen LogP) is 1.99. The third kappa shape index (κ3) is 1.43. The van der Waals surface area contributed by atoms with Gasteiger partial charge in [0.2, 0.25) is 0 Å². The number of nitrogens with zero attached hydrogens (tertiary/aromatic N) is 1. The Bertz CT molecular complexity index is 168.